The van der Waals surface area contributed by atoms with E-state index in [4.69, 9.17) is 11.6 Å². The van der Waals surface area contributed by atoms with Gasteiger partial charge in [0.25, 0.3) is 5.91 Å². The molecule has 0 radical (unpaired) electrons. The van der Waals surface area contributed by atoms with Crippen LogP contribution in [-0.4, -0.2) is 17.9 Å². The van der Waals surface area contributed by atoms with Gasteiger partial charge in [0.05, 0.1) is 0 Å². The average molecular weight is 371 g/mol. The van der Waals surface area contributed by atoms with Crippen LogP contribution in [0.4, 0.5) is 4.39 Å². The lowest BCUT2D eigenvalue weighted by Crippen LogP contribution is -2.26. The van der Waals surface area contributed by atoms with Crippen LogP contribution in [0.15, 0.2) is 42.5 Å². The van der Waals surface area contributed by atoms with Gasteiger partial charge < -0.3 is 4.90 Å². The smallest absolute Gasteiger partial charge is 0.253 e. The highest BCUT2D eigenvalue weighted by Crippen LogP contribution is 2.21. The molecular weight excluding hydrogens is 357 g/mol. The van der Waals surface area contributed by atoms with Crippen molar-refractivity contribution in [1.29, 1.82) is 0 Å². The van der Waals surface area contributed by atoms with Crippen LogP contribution in [0.1, 0.15) is 21.5 Å². The first kappa shape index (κ1) is 16.0. The Bertz CT molecular complexity index is 625. The lowest BCUT2D eigenvalue weighted by atomic mass is 10.1. The van der Waals surface area contributed by atoms with Crippen LogP contribution in [0.3, 0.4) is 0 Å². The molecule has 0 spiro atoms. The van der Waals surface area contributed by atoms with E-state index in [9.17, 15) is 9.18 Å². The summed E-state index contributed by atoms with van der Waals surface area (Å²) in [7, 11) is 1.63. The Morgan fingerprint density at radius 3 is 2.48 bits per heavy atom. The molecule has 2 aromatic carbocycles. The molecule has 0 atom stereocenters. The zero-order valence-corrected chi connectivity index (χ0v) is 13.8. The van der Waals surface area contributed by atoms with Gasteiger partial charge in [-0.2, -0.15) is 0 Å². The molecule has 0 aromatic heterocycles. The highest BCUT2D eigenvalue weighted by molar-refractivity contribution is 9.08. The van der Waals surface area contributed by atoms with E-state index in [0.717, 1.165) is 10.9 Å². The quantitative estimate of drug-likeness (QED) is 0.718. The van der Waals surface area contributed by atoms with E-state index in [2.05, 4.69) is 15.9 Å². The summed E-state index contributed by atoms with van der Waals surface area (Å²) in [6.07, 6.45) is 0. The van der Waals surface area contributed by atoms with Gasteiger partial charge in [-0.3, -0.25) is 4.79 Å². The summed E-state index contributed by atoms with van der Waals surface area (Å²) in [6, 6.07) is 11.8. The minimum absolute atomic E-state index is 0.129. The van der Waals surface area contributed by atoms with Crippen LogP contribution in [0.5, 0.6) is 0 Å². The van der Waals surface area contributed by atoms with Crippen molar-refractivity contribution in [1.82, 2.24) is 4.90 Å². The summed E-state index contributed by atoms with van der Waals surface area (Å²) in [5, 5.41) is 1.06. The fraction of sp³-hybridized carbons (Fsp3) is 0.188. The van der Waals surface area contributed by atoms with Crippen LogP contribution in [-0.2, 0) is 11.9 Å². The van der Waals surface area contributed by atoms with Gasteiger partial charge in [0.2, 0.25) is 0 Å². The molecule has 0 heterocycles. The summed E-state index contributed by atoms with van der Waals surface area (Å²) >= 11 is 9.34. The number of amides is 1. The summed E-state index contributed by atoms with van der Waals surface area (Å²) < 4.78 is 13.7. The van der Waals surface area contributed by atoms with Crippen molar-refractivity contribution in [3.63, 3.8) is 0 Å². The van der Waals surface area contributed by atoms with E-state index in [0.29, 0.717) is 16.1 Å². The molecule has 0 N–H and O–H groups in total. The van der Waals surface area contributed by atoms with Crippen LogP contribution in [0.2, 0.25) is 5.02 Å². The monoisotopic (exact) mass is 369 g/mol. The number of rotatable bonds is 4. The largest absolute Gasteiger partial charge is 0.337 e. The van der Waals surface area contributed by atoms with Crippen LogP contribution >= 0.6 is 27.5 Å². The van der Waals surface area contributed by atoms with E-state index in [1.165, 1.54) is 11.0 Å². The second-order valence-corrected chi connectivity index (χ2v) is 5.66. The lowest BCUT2D eigenvalue weighted by molar-refractivity contribution is 0.0784. The molecule has 0 unspecified atom stereocenters. The van der Waals surface area contributed by atoms with E-state index < -0.39 is 5.82 Å². The van der Waals surface area contributed by atoms with Gasteiger partial charge in [0, 0.05) is 35.1 Å². The van der Waals surface area contributed by atoms with Crippen LogP contribution in [0, 0.1) is 5.82 Å². The molecule has 21 heavy (non-hydrogen) atoms. The van der Waals surface area contributed by atoms with Crippen molar-refractivity contribution >= 4 is 33.4 Å². The Morgan fingerprint density at radius 2 is 1.90 bits per heavy atom. The number of hydrogen-bond donors (Lipinski definition) is 0. The Morgan fingerprint density at radius 1 is 1.24 bits per heavy atom. The molecule has 0 aliphatic rings. The predicted octanol–water partition coefficient (Wildman–Crippen LogP) is 4.65. The van der Waals surface area contributed by atoms with Gasteiger partial charge in [0.1, 0.15) is 5.82 Å². The van der Waals surface area contributed by atoms with E-state index in [1.54, 1.807) is 31.3 Å². The maximum atomic E-state index is 13.7. The van der Waals surface area contributed by atoms with Crippen LogP contribution in [0.25, 0.3) is 0 Å². The molecule has 0 aliphatic carbocycles. The van der Waals surface area contributed by atoms with Crippen molar-refractivity contribution in [2.45, 2.75) is 11.9 Å². The maximum absolute atomic E-state index is 13.7. The van der Waals surface area contributed by atoms with Crippen molar-refractivity contribution < 1.29 is 9.18 Å². The predicted molar refractivity (Wildman–Crippen MR) is 86.3 cm³/mol. The van der Waals surface area contributed by atoms with Crippen molar-refractivity contribution in [3.8, 4) is 0 Å². The minimum Gasteiger partial charge on any atom is -0.337 e. The second-order valence-electron chi connectivity index (χ2n) is 4.69. The Labute approximate surface area is 136 Å². The molecule has 2 nitrogen and oxygen atoms in total. The Balaban J connectivity index is 2.15. The van der Waals surface area contributed by atoms with Gasteiger partial charge in [-0.05, 0) is 29.8 Å². The third-order valence-electron chi connectivity index (χ3n) is 3.16. The fourth-order valence-corrected chi connectivity index (χ4v) is 2.55. The number of benzene rings is 2. The van der Waals surface area contributed by atoms with Crippen LogP contribution < -0.4 is 0 Å². The average Bonchev–Trinajstić information content (AvgIpc) is 2.50. The third kappa shape index (κ3) is 3.83. The number of carbonyl (C=O) groups is 1. The van der Waals surface area contributed by atoms with E-state index >= 15 is 0 Å². The molecule has 0 saturated heterocycles. The molecule has 0 aliphatic heterocycles. The van der Waals surface area contributed by atoms with Gasteiger partial charge in [0.15, 0.2) is 0 Å². The van der Waals surface area contributed by atoms with Gasteiger partial charge >= 0.3 is 0 Å². The van der Waals surface area contributed by atoms with Gasteiger partial charge in [-0.1, -0.05) is 45.7 Å². The van der Waals surface area contributed by atoms with E-state index in [1.807, 2.05) is 12.1 Å². The molecule has 0 fully saturated rings. The Hall–Kier alpha value is -1.39. The molecule has 2 aromatic rings. The SMILES string of the molecule is CN(Cc1c(F)cccc1Cl)C(=O)c1ccc(CBr)cc1. The summed E-state index contributed by atoms with van der Waals surface area (Å²) in [6.45, 7) is 0.129. The number of hydrogen-bond acceptors (Lipinski definition) is 1. The van der Waals surface area contributed by atoms with Gasteiger partial charge in [-0.15, -0.1) is 0 Å². The zero-order chi connectivity index (χ0) is 15.4. The minimum atomic E-state index is -0.406. The fourth-order valence-electron chi connectivity index (χ4n) is 1.95. The zero-order valence-electron chi connectivity index (χ0n) is 11.4. The molecule has 1 amide bonds. The Kier molecular flexibility index (Phi) is 5.37. The highest BCUT2D eigenvalue weighted by Gasteiger charge is 2.15. The highest BCUT2D eigenvalue weighted by atomic mass is 79.9. The summed E-state index contributed by atoms with van der Waals surface area (Å²) in [4.78, 5) is 13.8. The summed E-state index contributed by atoms with van der Waals surface area (Å²) in [5.74, 6) is -0.577. The van der Waals surface area contributed by atoms with E-state index in [-0.39, 0.29) is 12.5 Å². The standard InChI is InChI=1S/C16H14BrClFNO/c1-20(10-13-14(18)3-2-4-15(13)19)16(21)12-7-5-11(9-17)6-8-12/h2-8H,9-10H2,1H3. The number of carbonyl (C=O) groups excluding carboxylic acids is 1. The number of alkyl halides is 1. The topological polar surface area (TPSA) is 20.3 Å². The molecule has 5 heteroatoms. The molecular formula is C16H14BrClFNO. The number of nitrogens with zero attached hydrogens (tertiary/aromatic N) is 1. The number of halogens is 3. The second kappa shape index (κ2) is 7.05. The summed E-state index contributed by atoms with van der Waals surface area (Å²) in [5.41, 5.74) is 1.98. The molecule has 0 saturated carbocycles. The maximum Gasteiger partial charge on any atom is 0.253 e. The van der Waals surface area contributed by atoms with Crippen molar-refractivity contribution in [2.24, 2.45) is 0 Å². The molecule has 110 valence electrons. The molecule has 2 rings (SSSR count). The third-order valence-corrected chi connectivity index (χ3v) is 4.16. The van der Waals surface area contributed by atoms with Crippen molar-refractivity contribution in [3.05, 3.63) is 70.0 Å². The normalized spacial score (nSPS) is 10.5. The lowest BCUT2D eigenvalue weighted by Gasteiger charge is -2.18. The van der Waals surface area contributed by atoms with Gasteiger partial charge in [-0.25, -0.2) is 4.39 Å². The molecule has 0 bridgehead atoms. The first-order chi connectivity index (χ1) is 10.0. The first-order valence-corrected chi connectivity index (χ1v) is 7.86. The first-order valence-electron chi connectivity index (χ1n) is 6.36. The van der Waals surface area contributed by atoms with Crippen molar-refractivity contribution in [2.75, 3.05) is 7.05 Å².